The van der Waals surface area contributed by atoms with Crippen LogP contribution in [0.15, 0.2) is 12.1 Å². The van der Waals surface area contributed by atoms with Crippen LogP contribution in [-0.2, 0) is 39.1 Å². The Bertz CT molecular complexity index is 312. The van der Waals surface area contributed by atoms with Crippen molar-refractivity contribution < 1.29 is 37.6 Å². The van der Waals surface area contributed by atoms with Gasteiger partial charge in [-0.05, 0) is 0 Å². The van der Waals surface area contributed by atoms with E-state index in [-0.39, 0.29) is 38.4 Å². The van der Waals surface area contributed by atoms with Gasteiger partial charge in [0, 0.05) is 37.6 Å². The molecule has 3 nitrogen and oxygen atoms in total. The summed E-state index contributed by atoms with van der Waals surface area (Å²) in [6, 6.07) is 5.87. The molecule has 0 bridgehead atoms. The Morgan fingerprint density at radius 3 is 2.62 bits per heavy atom. The molecule has 0 aliphatic carbocycles. The van der Waals surface area contributed by atoms with Crippen LogP contribution in [0.2, 0.25) is 0 Å². The Kier molecular flexibility index (Phi) is 5.34. The first kappa shape index (κ1) is 12.7. The Hall–Kier alpha value is -0.276. The van der Waals surface area contributed by atoms with Gasteiger partial charge in [0.25, 0.3) is 0 Å². The van der Waals surface area contributed by atoms with Crippen molar-refractivity contribution in [3.8, 4) is 0 Å². The van der Waals surface area contributed by atoms with Crippen molar-refractivity contribution >= 4 is 5.69 Å². The summed E-state index contributed by atoms with van der Waals surface area (Å²) in [7, 11) is 0. The number of nitrogens with zero attached hydrogens (tertiary/aromatic N) is 1. The molecule has 1 radical (unpaired) electrons. The average molecular weight is 253 g/mol. The molecule has 1 rings (SSSR count). The number of nitro benzene ring substituents is 1. The molecule has 0 unspecified atom stereocenters. The van der Waals surface area contributed by atoms with Gasteiger partial charge in [0.2, 0.25) is 0 Å². The van der Waals surface area contributed by atoms with Crippen LogP contribution in [0.25, 0.3) is 0 Å². The van der Waals surface area contributed by atoms with Gasteiger partial charge in [-0.15, -0.1) is 6.07 Å². The number of hydrogen-bond donors (Lipinski definition) is 0. The minimum absolute atomic E-state index is 0. The van der Waals surface area contributed by atoms with E-state index < -0.39 is 4.92 Å². The zero-order valence-electron chi connectivity index (χ0n) is 7.70. The number of hydrogen-bond acceptors (Lipinski definition) is 2. The zero-order chi connectivity index (χ0) is 9.14. The molecule has 0 fully saturated rings. The van der Waals surface area contributed by atoms with E-state index in [1.807, 2.05) is 13.8 Å². The van der Waals surface area contributed by atoms with Crippen LogP contribution in [0.3, 0.4) is 0 Å². The van der Waals surface area contributed by atoms with Crippen LogP contribution >= 0.6 is 0 Å². The van der Waals surface area contributed by atoms with E-state index in [4.69, 9.17) is 0 Å². The molecule has 13 heavy (non-hydrogen) atoms. The minimum atomic E-state index is -0.424. The number of non-ortho nitro benzene ring substituents is 1. The maximum atomic E-state index is 10.3. The van der Waals surface area contributed by atoms with Crippen LogP contribution < -0.4 is 0 Å². The van der Waals surface area contributed by atoms with Crippen LogP contribution in [0.4, 0.5) is 5.69 Å². The summed E-state index contributed by atoms with van der Waals surface area (Å²) in [5.41, 5.74) is 2.12. The standard InChI is InChI=1S/C9H10NO2.Y/c1-3-8-4-5-9(10(11)12)6-7(8)2;/h4,6H,3H2,1-2H3;/q-1;. The molecule has 0 atom stereocenters. The second kappa shape index (κ2) is 5.45. The van der Waals surface area contributed by atoms with Gasteiger partial charge in [-0.3, -0.25) is 10.1 Å². The van der Waals surface area contributed by atoms with Crippen molar-refractivity contribution in [2.45, 2.75) is 20.3 Å². The van der Waals surface area contributed by atoms with Crippen molar-refractivity contribution in [2.24, 2.45) is 0 Å². The van der Waals surface area contributed by atoms with Crippen LogP contribution in [0.5, 0.6) is 0 Å². The van der Waals surface area contributed by atoms with E-state index >= 15 is 0 Å². The predicted octanol–water partition coefficient (Wildman–Crippen LogP) is 2.26. The van der Waals surface area contributed by atoms with E-state index in [9.17, 15) is 10.1 Å². The van der Waals surface area contributed by atoms with E-state index in [0.29, 0.717) is 0 Å². The SMILES string of the molecule is CCc1c[c-]c([N+](=O)[O-])cc1C.[Y]. The van der Waals surface area contributed by atoms with Gasteiger partial charge in [0.15, 0.2) is 5.69 Å². The predicted molar refractivity (Wildman–Crippen MR) is 46.0 cm³/mol. The van der Waals surface area contributed by atoms with Gasteiger partial charge in [-0.1, -0.05) is 26.3 Å². The van der Waals surface area contributed by atoms with Gasteiger partial charge in [-0.2, -0.15) is 17.2 Å². The maximum absolute atomic E-state index is 10.3. The van der Waals surface area contributed by atoms with Crippen molar-refractivity contribution in [3.05, 3.63) is 39.4 Å². The number of benzene rings is 1. The molecule has 1 aromatic carbocycles. The van der Waals surface area contributed by atoms with Gasteiger partial charge in [0.1, 0.15) is 0 Å². The Balaban J connectivity index is 0.00000144. The molecule has 67 valence electrons. The first-order valence-electron chi connectivity index (χ1n) is 3.80. The molecule has 0 N–H and O–H groups in total. The summed E-state index contributed by atoms with van der Waals surface area (Å²) in [6.07, 6.45) is 0.889. The van der Waals surface area contributed by atoms with E-state index in [0.717, 1.165) is 17.5 Å². The van der Waals surface area contributed by atoms with Crippen molar-refractivity contribution in [2.75, 3.05) is 0 Å². The largest absolute Gasteiger partial charge is 0.260 e. The molecule has 1 aromatic rings. The summed E-state index contributed by atoms with van der Waals surface area (Å²) < 4.78 is 0. The molecule has 0 heterocycles. The van der Waals surface area contributed by atoms with E-state index in [1.54, 1.807) is 12.1 Å². The molecule has 0 aliphatic rings. The topological polar surface area (TPSA) is 43.1 Å². The fourth-order valence-corrected chi connectivity index (χ4v) is 1.10. The third-order valence-electron chi connectivity index (χ3n) is 1.83. The summed E-state index contributed by atoms with van der Waals surface area (Å²) in [6.45, 7) is 3.89. The molecular weight excluding hydrogens is 243 g/mol. The average Bonchev–Trinajstić information content (AvgIpc) is 2.04. The second-order valence-corrected chi connectivity index (χ2v) is 2.64. The summed E-state index contributed by atoms with van der Waals surface area (Å²) in [4.78, 5) is 9.90. The van der Waals surface area contributed by atoms with Gasteiger partial charge in [0.05, 0.1) is 0 Å². The normalized spacial score (nSPS) is 9.08. The van der Waals surface area contributed by atoms with Crippen LogP contribution in [0.1, 0.15) is 18.1 Å². The van der Waals surface area contributed by atoms with Crippen molar-refractivity contribution in [3.63, 3.8) is 0 Å². The first-order valence-corrected chi connectivity index (χ1v) is 3.80. The maximum Gasteiger partial charge on any atom is 0.162 e. The number of aryl methyl sites for hydroxylation is 2. The van der Waals surface area contributed by atoms with Crippen LogP contribution in [0, 0.1) is 23.1 Å². The molecule has 4 heteroatoms. The third kappa shape index (κ3) is 3.16. The molecule has 0 aliphatic heterocycles. The van der Waals surface area contributed by atoms with Gasteiger partial charge in [-0.25, -0.2) is 0 Å². The Labute approximate surface area is 103 Å². The molecule has 0 aromatic heterocycles. The number of nitro groups is 1. The summed E-state index contributed by atoms with van der Waals surface area (Å²) in [5.74, 6) is 0. The second-order valence-electron chi connectivity index (χ2n) is 2.64. The molecular formula is C9H10NO2Y-. The summed E-state index contributed by atoms with van der Waals surface area (Å²) >= 11 is 0. The van der Waals surface area contributed by atoms with Crippen molar-refractivity contribution in [1.29, 1.82) is 0 Å². The van der Waals surface area contributed by atoms with Gasteiger partial charge >= 0.3 is 0 Å². The molecule has 0 saturated carbocycles. The number of rotatable bonds is 2. The van der Waals surface area contributed by atoms with E-state index in [1.165, 1.54) is 0 Å². The Morgan fingerprint density at radius 2 is 2.23 bits per heavy atom. The molecule has 0 amide bonds. The third-order valence-corrected chi connectivity index (χ3v) is 1.83. The smallest absolute Gasteiger partial charge is 0.162 e. The minimum Gasteiger partial charge on any atom is -0.260 e. The first-order chi connectivity index (χ1) is 5.65. The fraction of sp³-hybridized carbons (Fsp3) is 0.333. The zero-order valence-corrected chi connectivity index (χ0v) is 10.5. The monoisotopic (exact) mass is 253 g/mol. The molecule has 0 saturated heterocycles. The van der Waals surface area contributed by atoms with Crippen LogP contribution in [-0.4, -0.2) is 4.92 Å². The quantitative estimate of drug-likeness (QED) is 0.461. The summed E-state index contributed by atoms with van der Waals surface area (Å²) in [5, 5.41) is 10.3. The Morgan fingerprint density at radius 1 is 1.62 bits per heavy atom. The molecule has 0 spiro atoms. The van der Waals surface area contributed by atoms with Crippen molar-refractivity contribution in [1.82, 2.24) is 0 Å². The van der Waals surface area contributed by atoms with E-state index in [2.05, 4.69) is 6.07 Å². The fourth-order valence-electron chi connectivity index (χ4n) is 1.10. The van der Waals surface area contributed by atoms with Gasteiger partial charge < -0.3 is 0 Å².